The topological polar surface area (TPSA) is 20.2 Å². The molecule has 0 aromatic heterocycles. The van der Waals surface area contributed by atoms with Crippen LogP contribution in [0.25, 0.3) is 0 Å². The molecule has 1 aliphatic carbocycles. The Morgan fingerprint density at radius 1 is 1.43 bits per heavy atom. The molecule has 2 atom stereocenters. The third kappa shape index (κ3) is 1.55. The molecule has 1 nitrogen and oxygen atoms in total. The largest absolute Gasteiger partial charge is 0.392 e. The SMILES string of the molecule is CC(C)[C@@H]1c2ccc(Cl)cc2C[C@H]1O. The minimum atomic E-state index is -0.233. The molecule has 2 heteroatoms. The minimum Gasteiger partial charge on any atom is -0.392 e. The lowest BCUT2D eigenvalue weighted by Gasteiger charge is -2.19. The van der Waals surface area contributed by atoms with Gasteiger partial charge in [0.15, 0.2) is 0 Å². The Kier molecular flexibility index (Phi) is 2.54. The first-order valence-corrected chi connectivity index (χ1v) is 5.44. The molecule has 14 heavy (non-hydrogen) atoms. The number of hydrogen-bond donors (Lipinski definition) is 1. The maximum absolute atomic E-state index is 9.93. The van der Waals surface area contributed by atoms with Gasteiger partial charge in [-0.25, -0.2) is 0 Å². The molecule has 0 saturated heterocycles. The Morgan fingerprint density at radius 3 is 2.79 bits per heavy atom. The van der Waals surface area contributed by atoms with Crippen molar-refractivity contribution in [2.75, 3.05) is 0 Å². The van der Waals surface area contributed by atoms with E-state index in [1.165, 1.54) is 11.1 Å². The van der Waals surface area contributed by atoms with Gasteiger partial charge in [-0.1, -0.05) is 31.5 Å². The fraction of sp³-hybridized carbons (Fsp3) is 0.500. The summed E-state index contributed by atoms with van der Waals surface area (Å²) in [6.45, 7) is 4.30. The summed E-state index contributed by atoms with van der Waals surface area (Å²) in [6.07, 6.45) is 0.516. The van der Waals surface area contributed by atoms with Crippen molar-refractivity contribution in [1.29, 1.82) is 0 Å². The number of aliphatic hydroxyl groups excluding tert-OH is 1. The summed E-state index contributed by atoms with van der Waals surface area (Å²) >= 11 is 5.92. The number of aliphatic hydroxyl groups is 1. The first-order valence-electron chi connectivity index (χ1n) is 5.06. The van der Waals surface area contributed by atoms with E-state index in [4.69, 9.17) is 11.6 Å². The number of benzene rings is 1. The summed E-state index contributed by atoms with van der Waals surface area (Å²) in [5, 5.41) is 10.7. The zero-order chi connectivity index (χ0) is 10.3. The van der Waals surface area contributed by atoms with E-state index < -0.39 is 0 Å². The van der Waals surface area contributed by atoms with Crippen LogP contribution >= 0.6 is 11.6 Å². The van der Waals surface area contributed by atoms with E-state index in [0.717, 1.165) is 11.4 Å². The van der Waals surface area contributed by atoms with E-state index in [1.807, 2.05) is 12.1 Å². The summed E-state index contributed by atoms with van der Waals surface area (Å²) in [5.74, 6) is 0.759. The summed E-state index contributed by atoms with van der Waals surface area (Å²) in [6, 6.07) is 5.94. The summed E-state index contributed by atoms with van der Waals surface area (Å²) in [7, 11) is 0. The third-order valence-corrected chi connectivity index (χ3v) is 3.26. The van der Waals surface area contributed by atoms with E-state index in [-0.39, 0.29) is 12.0 Å². The average molecular weight is 211 g/mol. The Hall–Kier alpha value is -0.530. The second-order valence-electron chi connectivity index (χ2n) is 4.38. The van der Waals surface area contributed by atoms with Gasteiger partial charge in [0.1, 0.15) is 0 Å². The zero-order valence-corrected chi connectivity index (χ0v) is 9.25. The highest BCUT2D eigenvalue weighted by Crippen LogP contribution is 2.39. The van der Waals surface area contributed by atoms with Gasteiger partial charge in [-0.2, -0.15) is 0 Å². The molecule has 0 fully saturated rings. The van der Waals surface area contributed by atoms with Crippen molar-refractivity contribution in [3.8, 4) is 0 Å². The normalized spacial score (nSPS) is 25.5. The van der Waals surface area contributed by atoms with Crippen molar-refractivity contribution in [3.63, 3.8) is 0 Å². The van der Waals surface area contributed by atoms with Gasteiger partial charge < -0.3 is 5.11 Å². The number of rotatable bonds is 1. The van der Waals surface area contributed by atoms with Gasteiger partial charge in [0.05, 0.1) is 6.10 Å². The van der Waals surface area contributed by atoms with Crippen LogP contribution in [0.5, 0.6) is 0 Å². The molecule has 2 rings (SSSR count). The van der Waals surface area contributed by atoms with Crippen LogP contribution in [0.4, 0.5) is 0 Å². The van der Waals surface area contributed by atoms with Gasteiger partial charge >= 0.3 is 0 Å². The van der Waals surface area contributed by atoms with Gasteiger partial charge in [-0.3, -0.25) is 0 Å². The van der Waals surface area contributed by atoms with Crippen LogP contribution in [-0.4, -0.2) is 11.2 Å². The number of fused-ring (bicyclic) bond motifs is 1. The zero-order valence-electron chi connectivity index (χ0n) is 8.50. The van der Waals surface area contributed by atoms with E-state index >= 15 is 0 Å². The smallest absolute Gasteiger partial charge is 0.0651 e. The number of halogens is 1. The monoisotopic (exact) mass is 210 g/mol. The molecule has 1 aliphatic rings. The van der Waals surface area contributed by atoms with E-state index in [9.17, 15) is 5.11 Å². The van der Waals surface area contributed by atoms with Crippen molar-refractivity contribution in [3.05, 3.63) is 34.3 Å². The highest BCUT2D eigenvalue weighted by molar-refractivity contribution is 6.30. The van der Waals surface area contributed by atoms with Crippen LogP contribution in [0.3, 0.4) is 0 Å². The van der Waals surface area contributed by atoms with Gasteiger partial charge in [0.25, 0.3) is 0 Å². The Morgan fingerprint density at radius 2 is 2.14 bits per heavy atom. The van der Waals surface area contributed by atoms with Crippen molar-refractivity contribution >= 4 is 11.6 Å². The quantitative estimate of drug-likeness (QED) is 0.756. The molecule has 0 spiro atoms. The van der Waals surface area contributed by atoms with E-state index in [1.54, 1.807) is 0 Å². The molecular weight excluding hydrogens is 196 g/mol. The van der Waals surface area contributed by atoms with Crippen LogP contribution in [0.15, 0.2) is 18.2 Å². The third-order valence-electron chi connectivity index (χ3n) is 3.03. The highest BCUT2D eigenvalue weighted by Gasteiger charge is 2.32. The van der Waals surface area contributed by atoms with E-state index in [0.29, 0.717) is 5.92 Å². The van der Waals surface area contributed by atoms with Crippen molar-refractivity contribution in [1.82, 2.24) is 0 Å². The average Bonchev–Trinajstić information content (AvgIpc) is 2.39. The molecule has 0 radical (unpaired) electrons. The molecule has 1 aromatic rings. The second kappa shape index (κ2) is 3.56. The lowest BCUT2D eigenvalue weighted by Crippen LogP contribution is -2.18. The maximum Gasteiger partial charge on any atom is 0.0651 e. The predicted octanol–water partition coefficient (Wildman–Crippen LogP) is 3.00. The summed E-state index contributed by atoms with van der Waals surface area (Å²) in [4.78, 5) is 0. The van der Waals surface area contributed by atoms with Gasteiger partial charge in [-0.15, -0.1) is 0 Å². The van der Waals surface area contributed by atoms with Gasteiger partial charge in [-0.05, 0) is 35.6 Å². The fourth-order valence-corrected chi connectivity index (χ4v) is 2.63. The van der Waals surface area contributed by atoms with Gasteiger partial charge in [0, 0.05) is 10.9 Å². The highest BCUT2D eigenvalue weighted by atomic mass is 35.5. The fourth-order valence-electron chi connectivity index (χ4n) is 2.44. The molecule has 0 amide bonds. The molecule has 76 valence electrons. The first kappa shape index (κ1) is 10.0. The van der Waals surface area contributed by atoms with Crippen LogP contribution in [0, 0.1) is 5.92 Å². The van der Waals surface area contributed by atoms with Gasteiger partial charge in [0.2, 0.25) is 0 Å². The van der Waals surface area contributed by atoms with Crippen LogP contribution in [0.1, 0.15) is 30.9 Å². The molecule has 0 unspecified atom stereocenters. The van der Waals surface area contributed by atoms with E-state index in [2.05, 4.69) is 19.9 Å². The standard InChI is InChI=1S/C12H15ClO/c1-7(2)12-10-4-3-9(13)5-8(10)6-11(12)14/h3-5,7,11-12,14H,6H2,1-2H3/t11-,12-/m1/s1. The van der Waals surface area contributed by atoms with Crippen LogP contribution < -0.4 is 0 Å². The molecule has 1 N–H and O–H groups in total. The lowest BCUT2D eigenvalue weighted by molar-refractivity contribution is 0.136. The molecular formula is C12H15ClO. The summed E-state index contributed by atoms with van der Waals surface area (Å²) in [5.41, 5.74) is 2.49. The first-order chi connectivity index (χ1) is 6.59. The van der Waals surface area contributed by atoms with Crippen molar-refractivity contribution in [2.45, 2.75) is 32.3 Å². The second-order valence-corrected chi connectivity index (χ2v) is 4.82. The molecule has 0 aliphatic heterocycles. The molecule has 1 aromatic carbocycles. The molecule has 0 heterocycles. The Balaban J connectivity index is 2.42. The van der Waals surface area contributed by atoms with Crippen LogP contribution in [-0.2, 0) is 6.42 Å². The van der Waals surface area contributed by atoms with Crippen molar-refractivity contribution in [2.24, 2.45) is 5.92 Å². The lowest BCUT2D eigenvalue weighted by atomic mass is 9.89. The minimum absolute atomic E-state index is 0.233. The molecule has 0 bridgehead atoms. The number of hydrogen-bond acceptors (Lipinski definition) is 1. The maximum atomic E-state index is 9.93. The molecule has 0 saturated carbocycles. The predicted molar refractivity (Wildman–Crippen MR) is 58.7 cm³/mol. The Labute approximate surface area is 89.7 Å². The Bertz CT molecular complexity index is 346. The summed E-state index contributed by atoms with van der Waals surface area (Å²) < 4.78 is 0. The van der Waals surface area contributed by atoms with Crippen molar-refractivity contribution < 1.29 is 5.11 Å². The van der Waals surface area contributed by atoms with Crippen LogP contribution in [0.2, 0.25) is 5.02 Å².